The van der Waals surface area contributed by atoms with Gasteiger partial charge in [0.2, 0.25) is 5.91 Å². The molecule has 0 saturated carbocycles. The van der Waals surface area contributed by atoms with Gasteiger partial charge in [0.25, 0.3) is 0 Å². The van der Waals surface area contributed by atoms with E-state index in [0.717, 1.165) is 24.1 Å². The van der Waals surface area contributed by atoms with Crippen LogP contribution in [0.15, 0.2) is 36.4 Å². The Morgan fingerprint density at radius 1 is 1.25 bits per heavy atom. The van der Waals surface area contributed by atoms with Gasteiger partial charge in [-0.25, -0.2) is 4.39 Å². The monoisotopic (exact) mass is 545 g/mol. The third-order valence-corrected chi connectivity index (χ3v) is 6.57. The third kappa shape index (κ3) is 11.9. The number of hydrogen-bond donors (Lipinski definition) is 2. The number of hydrogen-bond acceptors (Lipinski definition) is 6. The van der Waals surface area contributed by atoms with Crippen molar-refractivity contribution in [2.45, 2.75) is 64.2 Å². The predicted molar refractivity (Wildman–Crippen MR) is 151 cm³/mol. The summed E-state index contributed by atoms with van der Waals surface area (Å²) in [6, 6.07) is 14.5. The molecule has 0 saturated heterocycles. The summed E-state index contributed by atoms with van der Waals surface area (Å²) in [5, 5.41) is 15.5. The number of nitrogens with zero attached hydrogens (tertiary/aromatic N) is 1. The molecule has 0 aromatic heterocycles. The minimum Gasteiger partial charge on any atom is -0.542 e. The first-order chi connectivity index (χ1) is 18.4. The van der Waals surface area contributed by atoms with Crippen LogP contribution in [-0.2, 0) is 31.9 Å². The summed E-state index contributed by atoms with van der Waals surface area (Å²) in [6.45, 7) is 4.89. The van der Waals surface area contributed by atoms with Crippen molar-refractivity contribution in [3.8, 4) is 17.2 Å². The summed E-state index contributed by atoms with van der Waals surface area (Å²) in [7, 11) is 3.46. The molecule has 4 unspecified atom stereocenters. The molecule has 4 atom stereocenters. The van der Waals surface area contributed by atoms with Crippen LogP contribution in [0, 0.1) is 36.6 Å². The number of nitriles is 1. The van der Waals surface area contributed by atoms with E-state index < -0.39 is 23.9 Å². The molecule has 0 aliphatic rings. The predicted octanol–water partition coefficient (Wildman–Crippen LogP) is 1.40. The van der Waals surface area contributed by atoms with Crippen LogP contribution in [0.2, 0.25) is 0 Å². The fourth-order valence-corrected chi connectivity index (χ4v) is 4.02. The Morgan fingerprint density at radius 3 is 2.58 bits per heavy atom. The molecule has 2 aromatic carbocycles. The fourth-order valence-electron chi connectivity index (χ4n) is 4.02. The van der Waals surface area contributed by atoms with Gasteiger partial charge in [-0.15, -0.1) is 5.56 Å². The summed E-state index contributed by atoms with van der Waals surface area (Å²) in [5.41, 5.74) is 2.65. The Labute approximate surface area is 251 Å². The van der Waals surface area contributed by atoms with E-state index in [1.807, 2.05) is 39.3 Å². The molecule has 40 heavy (non-hydrogen) atoms. The van der Waals surface area contributed by atoms with Gasteiger partial charge in [-0.2, -0.15) is 41.5 Å². The average Bonchev–Trinajstić information content (AvgIpc) is 2.94. The van der Waals surface area contributed by atoms with E-state index in [2.05, 4.69) is 22.8 Å². The smallest absolute Gasteiger partial charge is 0.542 e. The maximum Gasteiger partial charge on any atom is 1.00 e. The zero-order valence-electron chi connectivity index (χ0n) is 24.7. The molecule has 9 heteroatoms. The number of benzene rings is 2. The molecule has 0 fully saturated rings. The maximum absolute atomic E-state index is 15.0. The first-order valence-electron chi connectivity index (χ1n) is 13.0. The van der Waals surface area contributed by atoms with E-state index in [4.69, 9.17) is 9.47 Å². The minimum atomic E-state index is -0.918. The van der Waals surface area contributed by atoms with Gasteiger partial charge < -0.3 is 32.3 Å². The van der Waals surface area contributed by atoms with Crippen molar-refractivity contribution in [3.05, 3.63) is 66.8 Å². The van der Waals surface area contributed by atoms with Gasteiger partial charge in [0, 0.05) is 13.5 Å². The number of halogens is 1. The van der Waals surface area contributed by atoms with Crippen molar-refractivity contribution in [1.29, 1.82) is 5.26 Å². The average molecular weight is 546 g/mol. The van der Waals surface area contributed by atoms with E-state index >= 15 is 4.39 Å². The largest absolute Gasteiger partial charge is 1.00 e. The molecule has 7 nitrogen and oxygen atoms in total. The van der Waals surface area contributed by atoms with Crippen molar-refractivity contribution in [1.82, 2.24) is 10.6 Å². The van der Waals surface area contributed by atoms with E-state index in [1.54, 1.807) is 25.3 Å². The number of rotatable bonds is 17. The van der Waals surface area contributed by atoms with Crippen LogP contribution >= 0.6 is 0 Å². The van der Waals surface area contributed by atoms with Crippen LogP contribution in [0.4, 0.5) is 4.39 Å². The summed E-state index contributed by atoms with van der Waals surface area (Å²) in [6.07, 6.45) is 3.21. The minimum absolute atomic E-state index is 0. The quantitative estimate of drug-likeness (QED) is 0.230. The van der Waals surface area contributed by atoms with Gasteiger partial charge in [0.1, 0.15) is 18.0 Å². The van der Waals surface area contributed by atoms with Crippen molar-refractivity contribution >= 4 is 12.2 Å². The molecular weight excluding hydrogens is 504 g/mol. The molecule has 2 N–H and O–H groups in total. The third-order valence-electron chi connectivity index (χ3n) is 6.57. The number of methoxy groups -OCH3 is 1. The molecule has 2 aromatic rings. The van der Waals surface area contributed by atoms with Gasteiger partial charge in [0.15, 0.2) is 0 Å². The maximum atomic E-state index is 15.0. The zero-order valence-corrected chi connectivity index (χ0v) is 24.7. The Morgan fingerprint density at radius 2 is 1.98 bits per heavy atom. The van der Waals surface area contributed by atoms with E-state index in [-0.39, 0.29) is 57.8 Å². The SMILES string of the molecule is CCC(C)C(OCC(CCNC)OC)C(=O)NC(C#N)Cc1ccc(-c2cc[c-]c(CC[C-]=O)c2)cc1F.[CH3-].[Li+]. The second kappa shape index (κ2) is 20.4. The first-order valence-corrected chi connectivity index (χ1v) is 13.0. The molecule has 0 bridgehead atoms. The molecule has 214 valence electrons. The van der Waals surface area contributed by atoms with Crippen molar-refractivity contribution in [3.63, 3.8) is 0 Å². The second-order valence-corrected chi connectivity index (χ2v) is 9.34. The zero-order chi connectivity index (χ0) is 27.9. The Balaban J connectivity index is 0.00000760. The summed E-state index contributed by atoms with van der Waals surface area (Å²) in [5.74, 6) is -0.938. The molecule has 0 radical (unpaired) electrons. The van der Waals surface area contributed by atoms with Crippen molar-refractivity contribution in [2.75, 3.05) is 27.3 Å². The summed E-state index contributed by atoms with van der Waals surface area (Å²) in [4.78, 5) is 23.6. The normalized spacial score (nSPS) is 13.5. The number of nitrogens with one attached hydrogen (secondary N) is 2. The molecule has 0 aliphatic carbocycles. The van der Waals surface area contributed by atoms with Gasteiger partial charge in [-0.1, -0.05) is 38.8 Å². The van der Waals surface area contributed by atoms with Crippen LogP contribution < -0.4 is 29.5 Å². The number of amides is 1. The van der Waals surface area contributed by atoms with E-state index in [1.165, 1.54) is 6.07 Å². The Bertz CT molecular complexity index is 1080. The topological polar surface area (TPSA) is 100 Å². The van der Waals surface area contributed by atoms with E-state index in [9.17, 15) is 14.9 Å². The molecule has 2 rings (SSSR count). The van der Waals surface area contributed by atoms with Crippen molar-refractivity contribution < 1.29 is 42.3 Å². The molecule has 0 aliphatic heterocycles. The molecule has 0 heterocycles. The van der Waals surface area contributed by atoms with Crippen molar-refractivity contribution in [2.24, 2.45) is 5.92 Å². The first kappa shape index (κ1) is 37.5. The molecule has 1 amide bonds. The second-order valence-electron chi connectivity index (χ2n) is 9.34. The van der Waals surface area contributed by atoms with Crippen LogP contribution in [0.25, 0.3) is 11.1 Å². The van der Waals surface area contributed by atoms with Gasteiger partial charge in [-0.3, -0.25) is 11.1 Å². The number of carbonyl (C=O) groups is 1. The van der Waals surface area contributed by atoms with E-state index in [0.29, 0.717) is 24.0 Å². The number of carbonyl (C=O) groups excluding carboxylic acids is 2. The Kier molecular flexibility index (Phi) is 19.1. The fraction of sp³-hybridized carbons (Fsp3) is 0.484. The van der Waals surface area contributed by atoms with Gasteiger partial charge in [0.05, 0.1) is 18.8 Å². The summed E-state index contributed by atoms with van der Waals surface area (Å²) >= 11 is 0. The molecular formula is C31H41FLiN3O4-2. The standard InChI is InChI=1S/C30H38FN3O4.CH3.Li/c1-5-21(2)29(38-20-27(37-4)13-14-33-3)30(36)34-26(19-32)17-25-12-11-24(18-28(25)31)23-10-6-8-22(16-23)9-7-15-35;;/h6,10-12,16,18,21,26-27,29,33H,5,7,9,13-14,17,20H2,1-4H3,(H,34,36);1H3;/q-2;-1;+1. The van der Waals surface area contributed by atoms with Gasteiger partial charge >= 0.3 is 18.9 Å². The van der Waals surface area contributed by atoms with Crippen LogP contribution in [0.5, 0.6) is 0 Å². The Hall–Kier alpha value is -2.52. The molecule has 0 spiro atoms. The summed E-state index contributed by atoms with van der Waals surface area (Å²) < 4.78 is 26.4. The van der Waals surface area contributed by atoms with Crippen LogP contribution in [0.3, 0.4) is 0 Å². The van der Waals surface area contributed by atoms with Crippen LogP contribution in [0.1, 0.15) is 44.2 Å². The number of aryl methyl sites for hydroxylation is 1. The van der Waals surface area contributed by atoms with Gasteiger partial charge in [-0.05, 0) is 43.1 Å². The van der Waals surface area contributed by atoms with Crippen LogP contribution in [-0.4, -0.2) is 57.8 Å². The number of ether oxygens (including phenoxy) is 2.